The zero-order valence-corrected chi connectivity index (χ0v) is 4.35. The van der Waals surface area contributed by atoms with E-state index < -0.39 is 13.7 Å². The minimum atomic E-state index is -3.43. The number of hydrogen-bond acceptors (Lipinski definition) is 5. The molecule has 0 aliphatic rings. The molecule has 0 saturated carbocycles. The van der Waals surface area contributed by atoms with Crippen LogP contribution in [0.5, 0.6) is 0 Å². The Morgan fingerprint density at radius 1 is 1.38 bits per heavy atom. The average molecular weight is 121 g/mol. The summed E-state index contributed by atoms with van der Waals surface area (Å²) in [7, 11) is -1.28. The second-order valence-corrected chi connectivity index (χ2v) is 1.41. The van der Waals surface area contributed by atoms with Crippen LogP contribution in [0.25, 0.3) is 0 Å². The van der Waals surface area contributed by atoms with E-state index in [1.54, 1.807) is 0 Å². The molecular weight excluding hydrogens is 114 g/mol. The maximum absolute atomic E-state index is 8.30. The fourth-order valence-electron chi connectivity index (χ4n) is 0.122. The SMILES string of the molecule is CO[B-](O)(O)B(O)O. The van der Waals surface area contributed by atoms with Gasteiger partial charge in [-0.3, -0.25) is 0 Å². The minimum Gasteiger partial charge on any atom is -0.562 e. The Balaban J connectivity index is 3.71. The lowest BCUT2D eigenvalue weighted by molar-refractivity contribution is 0.192. The third kappa shape index (κ3) is 1.81. The van der Waals surface area contributed by atoms with Gasteiger partial charge in [0.2, 0.25) is 0 Å². The van der Waals surface area contributed by atoms with Crippen LogP contribution in [0, 0.1) is 0 Å². The van der Waals surface area contributed by atoms with Crippen molar-refractivity contribution < 1.29 is 24.8 Å². The van der Waals surface area contributed by atoms with Crippen LogP contribution < -0.4 is 0 Å². The summed E-state index contributed by atoms with van der Waals surface area (Å²) in [5, 5.41) is 32.7. The Hall–Kier alpha value is -0.0701. The summed E-state index contributed by atoms with van der Waals surface area (Å²) in [6.07, 6.45) is 0. The average Bonchev–Trinajstić information content (AvgIpc) is 1.67. The van der Waals surface area contributed by atoms with Gasteiger partial charge in [0.15, 0.2) is 0 Å². The van der Waals surface area contributed by atoms with Crippen LogP contribution in [0.1, 0.15) is 0 Å². The molecule has 0 amide bonds. The molecule has 0 aliphatic heterocycles. The predicted octanol–water partition coefficient (Wildman–Crippen LogP) is -2.89. The molecule has 48 valence electrons. The van der Waals surface area contributed by atoms with Crippen molar-refractivity contribution in [3.8, 4) is 0 Å². The molecule has 0 unspecified atom stereocenters. The van der Waals surface area contributed by atoms with Gasteiger partial charge in [-0.25, -0.2) is 0 Å². The fraction of sp³-hybridized carbons (Fsp3) is 1.00. The molecule has 0 heterocycles. The molecule has 7 heteroatoms. The molecule has 0 aliphatic carbocycles. The Bertz CT molecular complexity index is 70.8. The lowest BCUT2D eigenvalue weighted by atomic mass is 9.42. The molecule has 5 nitrogen and oxygen atoms in total. The summed E-state index contributed by atoms with van der Waals surface area (Å²) >= 11 is 0. The highest BCUT2D eigenvalue weighted by molar-refractivity contribution is 7.16. The van der Waals surface area contributed by atoms with E-state index in [1.165, 1.54) is 0 Å². The second kappa shape index (κ2) is 2.47. The summed E-state index contributed by atoms with van der Waals surface area (Å²) in [5.41, 5.74) is 0. The van der Waals surface area contributed by atoms with Gasteiger partial charge in [-0.05, 0) is 7.11 Å². The van der Waals surface area contributed by atoms with Gasteiger partial charge in [-0.2, -0.15) is 0 Å². The molecule has 0 radical (unpaired) electrons. The third-order valence-corrected chi connectivity index (χ3v) is 0.735. The summed E-state index contributed by atoms with van der Waals surface area (Å²) in [6, 6.07) is 0. The Morgan fingerprint density at radius 2 is 1.75 bits per heavy atom. The molecule has 8 heavy (non-hydrogen) atoms. The topological polar surface area (TPSA) is 90.2 Å². The highest BCUT2D eigenvalue weighted by Gasteiger charge is 2.32. The largest absolute Gasteiger partial charge is 0.562 e. The first-order chi connectivity index (χ1) is 3.50. The van der Waals surface area contributed by atoms with Crippen molar-refractivity contribution in [3.63, 3.8) is 0 Å². The fourth-order valence-corrected chi connectivity index (χ4v) is 0.122. The van der Waals surface area contributed by atoms with E-state index in [9.17, 15) is 0 Å². The maximum Gasteiger partial charge on any atom is 0.400 e. The van der Waals surface area contributed by atoms with E-state index in [2.05, 4.69) is 4.65 Å². The second-order valence-electron chi connectivity index (χ2n) is 1.41. The molecule has 0 fully saturated rings. The van der Waals surface area contributed by atoms with E-state index in [0.717, 1.165) is 7.11 Å². The molecule has 0 saturated heterocycles. The smallest absolute Gasteiger partial charge is 0.400 e. The van der Waals surface area contributed by atoms with Crippen LogP contribution in [0.3, 0.4) is 0 Å². The molecule has 0 spiro atoms. The van der Waals surface area contributed by atoms with Crippen LogP contribution in [0.15, 0.2) is 0 Å². The van der Waals surface area contributed by atoms with E-state index in [4.69, 9.17) is 20.1 Å². The van der Waals surface area contributed by atoms with Crippen LogP contribution >= 0.6 is 0 Å². The zero-order valence-electron chi connectivity index (χ0n) is 4.35. The van der Waals surface area contributed by atoms with Gasteiger partial charge in [0.25, 0.3) is 0 Å². The predicted molar refractivity (Wildman–Crippen MR) is 27.4 cm³/mol. The summed E-state index contributed by atoms with van der Waals surface area (Å²) in [5.74, 6) is 0. The lowest BCUT2D eigenvalue weighted by Gasteiger charge is -2.25. The highest BCUT2D eigenvalue weighted by atomic mass is 16.6. The van der Waals surface area contributed by atoms with E-state index >= 15 is 0 Å². The van der Waals surface area contributed by atoms with E-state index in [0.29, 0.717) is 0 Å². The Labute approximate surface area is 46.7 Å². The van der Waals surface area contributed by atoms with Crippen molar-refractivity contribution in [2.45, 2.75) is 0 Å². The maximum atomic E-state index is 8.30. The van der Waals surface area contributed by atoms with Crippen molar-refractivity contribution in [1.29, 1.82) is 0 Å². The van der Waals surface area contributed by atoms with Crippen LogP contribution in [-0.2, 0) is 4.65 Å². The molecule has 0 aromatic heterocycles. The third-order valence-electron chi connectivity index (χ3n) is 0.735. The first-order valence-electron chi connectivity index (χ1n) is 2.01. The van der Waals surface area contributed by atoms with Crippen molar-refractivity contribution in [2.24, 2.45) is 0 Å². The van der Waals surface area contributed by atoms with Gasteiger partial charge in [0.05, 0.1) is 0 Å². The molecule has 0 aromatic rings. The van der Waals surface area contributed by atoms with Crippen molar-refractivity contribution in [1.82, 2.24) is 0 Å². The van der Waals surface area contributed by atoms with Gasteiger partial charge >= 0.3 is 13.7 Å². The first-order valence-corrected chi connectivity index (χ1v) is 2.01. The summed E-state index contributed by atoms with van der Waals surface area (Å²) < 4.78 is 3.87. The van der Waals surface area contributed by atoms with Gasteiger partial charge < -0.3 is 24.8 Å². The highest BCUT2D eigenvalue weighted by Crippen LogP contribution is 1.92. The van der Waals surface area contributed by atoms with E-state index in [1.807, 2.05) is 0 Å². The van der Waals surface area contributed by atoms with Gasteiger partial charge in [-0.1, -0.05) is 0 Å². The Morgan fingerprint density at radius 3 is 1.75 bits per heavy atom. The minimum absolute atomic E-state index is 0.958. The van der Waals surface area contributed by atoms with Crippen LogP contribution in [-0.4, -0.2) is 40.9 Å². The van der Waals surface area contributed by atoms with Gasteiger partial charge in [-0.15, -0.1) is 0 Å². The number of rotatable bonds is 2. The molecule has 0 atom stereocenters. The summed E-state index contributed by atoms with van der Waals surface area (Å²) in [4.78, 5) is 0. The van der Waals surface area contributed by atoms with Gasteiger partial charge in [0.1, 0.15) is 0 Å². The normalized spacial score (nSPS) is 11.6. The Kier molecular flexibility index (Phi) is 2.45. The standard InChI is InChI=1S/CH7B2O5/c1-8-3(6,7)2(4)5/h4-7H,1H3/q-1. The van der Waals surface area contributed by atoms with Gasteiger partial charge in [0, 0.05) is 0 Å². The molecule has 0 rings (SSSR count). The quantitative estimate of drug-likeness (QED) is 0.294. The van der Waals surface area contributed by atoms with Crippen molar-refractivity contribution >= 4 is 13.7 Å². The summed E-state index contributed by atoms with van der Waals surface area (Å²) in [6.45, 7) is -3.43. The van der Waals surface area contributed by atoms with Crippen LogP contribution in [0.2, 0.25) is 0 Å². The van der Waals surface area contributed by atoms with E-state index in [-0.39, 0.29) is 0 Å². The molecular formula is CH7B2O5-. The number of hydrogen-bond donors (Lipinski definition) is 4. The van der Waals surface area contributed by atoms with Crippen molar-refractivity contribution in [2.75, 3.05) is 7.11 Å². The lowest BCUT2D eigenvalue weighted by Crippen LogP contribution is -2.54. The molecule has 0 aromatic carbocycles. The monoisotopic (exact) mass is 121 g/mol. The van der Waals surface area contributed by atoms with Crippen LogP contribution in [0.4, 0.5) is 0 Å². The molecule has 0 bridgehead atoms. The molecule has 4 N–H and O–H groups in total. The first kappa shape index (κ1) is 7.93. The van der Waals surface area contributed by atoms with Crippen molar-refractivity contribution in [3.05, 3.63) is 0 Å². The zero-order chi connectivity index (χ0) is 6.78.